The molecule has 2 saturated heterocycles. The van der Waals surface area contributed by atoms with Crippen LogP contribution >= 0.6 is 0 Å². The number of benzene rings is 1. The standard InChI is InChI=1S/C19H25N3O2/c23-18-17-13-15-7-2-3-8-16(15)14-22(17)19(24)21(18)12-6-11-20-9-4-1-5-10-20/h2-3,7-8,17H,1,4-6,9-14H2. The van der Waals surface area contributed by atoms with Crippen LogP contribution in [0.4, 0.5) is 4.79 Å². The summed E-state index contributed by atoms with van der Waals surface area (Å²) in [5.74, 6) is -0.00635. The number of amides is 3. The molecule has 1 aromatic carbocycles. The molecule has 3 heterocycles. The van der Waals surface area contributed by atoms with Crippen molar-refractivity contribution in [2.75, 3.05) is 26.2 Å². The van der Waals surface area contributed by atoms with Gasteiger partial charge in [-0.3, -0.25) is 9.69 Å². The van der Waals surface area contributed by atoms with Gasteiger partial charge in [0.15, 0.2) is 0 Å². The molecule has 3 amide bonds. The molecular weight excluding hydrogens is 302 g/mol. The SMILES string of the molecule is O=C1C2Cc3ccccc3CN2C(=O)N1CCCN1CCCCC1. The average molecular weight is 327 g/mol. The molecule has 4 rings (SSSR count). The van der Waals surface area contributed by atoms with E-state index in [4.69, 9.17) is 0 Å². The highest BCUT2D eigenvalue weighted by atomic mass is 16.2. The van der Waals surface area contributed by atoms with E-state index in [1.165, 1.54) is 35.3 Å². The minimum absolute atomic E-state index is 0.00635. The second-order valence-corrected chi connectivity index (χ2v) is 7.14. The van der Waals surface area contributed by atoms with E-state index in [1.807, 2.05) is 12.1 Å². The number of hydrogen-bond acceptors (Lipinski definition) is 3. The normalized spacial score (nSPS) is 24.2. The lowest BCUT2D eigenvalue weighted by Gasteiger charge is -2.28. The zero-order valence-corrected chi connectivity index (χ0v) is 14.1. The van der Waals surface area contributed by atoms with Gasteiger partial charge >= 0.3 is 6.03 Å². The van der Waals surface area contributed by atoms with Crippen LogP contribution in [0.15, 0.2) is 24.3 Å². The lowest BCUT2D eigenvalue weighted by Crippen LogP contribution is -2.39. The van der Waals surface area contributed by atoms with Crippen LogP contribution in [-0.4, -0.2) is 58.9 Å². The Kier molecular flexibility index (Phi) is 4.27. The average Bonchev–Trinajstić information content (AvgIpc) is 2.85. The highest BCUT2D eigenvalue weighted by Crippen LogP contribution is 2.30. The summed E-state index contributed by atoms with van der Waals surface area (Å²) in [5.41, 5.74) is 2.38. The summed E-state index contributed by atoms with van der Waals surface area (Å²) in [5, 5.41) is 0. The molecule has 0 aromatic heterocycles. The molecule has 2 fully saturated rings. The minimum Gasteiger partial charge on any atom is -0.308 e. The van der Waals surface area contributed by atoms with Crippen molar-refractivity contribution in [3.8, 4) is 0 Å². The lowest BCUT2D eigenvalue weighted by atomic mass is 9.95. The molecule has 3 aliphatic heterocycles. The topological polar surface area (TPSA) is 43.9 Å². The summed E-state index contributed by atoms with van der Waals surface area (Å²) in [4.78, 5) is 31.0. The van der Waals surface area contributed by atoms with Gasteiger partial charge in [-0.1, -0.05) is 30.7 Å². The Bertz CT molecular complexity index is 596. The number of carbonyl (C=O) groups is 2. The van der Waals surface area contributed by atoms with E-state index in [9.17, 15) is 9.59 Å². The third-order valence-corrected chi connectivity index (χ3v) is 5.58. The van der Waals surface area contributed by atoms with E-state index >= 15 is 0 Å². The highest BCUT2D eigenvalue weighted by molar-refractivity contribution is 6.04. The number of imide groups is 1. The summed E-state index contributed by atoms with van der Waals surface area (Å²) in [6, 6.07) is 7.75. The quantitative estimate of drug-likeness (QED) is 0.797. The third kappa shape index (κ3) is 2.81. The largest absolute Gasteiger partial charge is 0.327 e. The molecule has 0 bridgehead atoms. The molecular formula is C19H25N3O2. The van der Waals surface area contributed by atoms with Crippen LogP contribution in [-0.2, 0) is 17.8 Å². The van der Waals surface area contributed by atoms with Gasteiger partial charge in [0.05, 0.1) is 0 Å². The second-order valence-electron chi connectivity index (χ2n) is 7.14. The van der Waals surface area contributed by atoms with Gasteiger partial charge in [-0.05, 0) is 50.0 Å². The van der Waals surface area contributed by atoms with E-state index < -0.39 is 0 Å². The van der Waals surface area contributed by atoms with Crippen LogP contribution in [0, 0.1) is 0 Å². The lowest BCUT2D eigenvalue weighted by molar-refractivity contribution is -0.128. The van der Waals surface area contributed by atoms with Gasteiger partial charge in [0, 0.05) is 19.5 Å². The van der Waals surface area contributed by atoms with E-state index in [0.29, 0.717) is 19.5 Å². The van der Waals surface area contributed by atoms with Gasteiger partial charge in [-0.15, -0.1) is 0 Å². The fourth-order valence-corrected chi connectivity index (χ4v) is 4.22. The van der Waals surface area contributed by atoms with E-state index in [0.717, 1.165) is 26.1 Å². The predicted octanol–water partition coefficient (Wildman–Crippen LogP) is 2.25. The third-order valence-electron chi connectivity index (χ3n) is 5.58. The fraction of sp³-hybridized carbons (Fsp3) is 0.579. The molecule has 128 valence electrons. The molecule has 0 radical (unpaired) electrons. The van der Waals surface area contributed by atoms with Gasteiger partial charge in [0.25, 0.3) is 5.91 Å². The maximum atomic E-state index is 12.7. The Hall–Kier alpha value is -1.88. The number of fused-ring (bicyclic) bond motifs is 2. The zero-order valence-electron chi connectivity index (χ0n) is 14.1. The van der Waals surface area contributed by atoms with Crippen LogP contribution in [0.2, 0.25) is 0 Å². The minimum atomic E-state index is -0.289. The summed E-state index contributed by atoms with van der Waals surface area (Å²) >= 11 is 0. The van der Waals surface area contributed by atoms with Crippen LogP contribution in [0.3, 0.4) is 0 Å². The van der Waals surface area contributed by atoms with E-state index in [1.54, 1.807) is 4.90 Å². The summed E-state index contributed by atoms with van der Waals surface area (Å²) in [6.07, 6.45) is 5.41. The van der Waals surface area contributed by atoms with Crippen molar-refractivity contribution in [3.05, 3.63) is 35.4 Å². The number of nitrogens with zero attached hydrogens (tertiary/aromatic N) is 3. The Labute approximate surface area is 143 Å². The van der Waals surface area contributed by atoms with Crippen molar-refractivity contribution < 1.29 is 9.59 Å². The van der Waals surface area contributed by atoms with Crippen LogP contribution < -0.4 is 0 Å². The number of hydrogen-bond donors (Lipinski definition) is 0. The number of rotatable bonds is 4. The summed E-state index contributed by atoms with van der Waals surface area (Å²) in [6.45, 7) is 4.42. The second kappa shape index (κ2) is 6.55. The van der Waals surface area contributed by atoms with Gasteiger partial charge in [-0.25, -0.2) is 4.79 Å². The first-order valence-electron chi connectivity index (χ1n) is 9.15. The fourth-order valence-electron chi connectivity index (χ4n) is 4.22. The van der Waals surface area contributed by atoms with E-state index in [-0.39, 0.29) is 18.0 Å². The molecule has 1 unspecified atom stereocenters. The first kappa shape index (κ1) is 15.6. The van der Waals surface area contributed by atoms with Crippen molar-refractivity contribution in [1.82, 2.24) is 14.7 Å². The predicted molar refractivity (Wildman–Crippen MR) is 91.5 cm³/mol. The van der Waals surface area contributed by atoms with Crippen molar-refractivity contribution in [1.29, 1.82) is 0 Å². The van der Waals surface area contributed by atoms with Gasteiger partial charge in [-0.2, -0.15) is 0 Å². The Morgan fingerprint density at radius 1 is 0.958 bits per heavy atom. The first-order valence-corrected chi connectivity index (χ1v) is 9.15. The maximum absolute atomic E-state index is 12.7. The van der Waals surface area contributed by atoms with Crippen molar-refractivity contribution in [2.24, 2.45) is 0 Å². The number of likely N-dealkylation sites (tertiary alicyclic amines) is 1. The Morgan fingerprint density at radius 3 is 2.50 bits per heavy atom. The molecule has 0 saturated carbocycles. The van der Waals surface area contributed by atoms with Crippen LogP contribution in [0.25, 0.3) is 0 Å². The van der Waals surface area contributed by atoms with Gasteiger partial charge in [0.2, 0.25) is 0 Å². The molecule has 0 N–H and O–H groups in total. The molecule has 24 heavy (non-hydrogen) atoms. The summed E-state index contributed by atoms with van der Waals surface area (Å²) in [7, 11) is 0. The first-order chi connectivity index (χ1) is 11.7. The molecule has 5 nitrogen and oxygen atoms in total. The maximum Gasteiger partial charge on any atom is 0.327 e. The molecule has 5 heteroatoms. The number of carbonyl (C=O) groups excluding carboxylic acids is 2. The zero-order chi connectivity index (χ0) is 16.5. The monoisotopic (exact) mass is 327 g/mol. The Balaban J connectivity index is 1.38. The Morgan fingerprint density at radius 2 is 1.71 bits per heavy atom. The van der Waals surface area contributed by atoms with Crippen molar-refractivity contribution in [3.63, 3.8) is 0 Å². The van der Waals surface area contributed by atoms with Gasteiger partial charge < -0.3 is 9.80 Å². The van der Waals surface area contributed by atoms with Gasteiger partial charge in [0.1, 0.15) is 6.04 Å². The number of piperidine rings is 1. The van der Waals surface area contributed by atoms with E-state index in [2.05, 4.69) is 17.0 Å². The molecule has 1 aromatic rings. The smallest absolute Gasteiger partial charge is 0.308 e. The molecule has 0 aliphatic carbocycles. The molecule has 1 atom stereocenters. The van der Waals surface area contributed by atoms with Crippen LogP contribution in [0.5, 0.6) is 0 Å². The summed E-state index contributed by atoms with van der Waals surface area (Å²) < 4.78 is 0. The molecule has 3 aliphatic rings. The number of urea groups is 1. The van der Waals surface area contributed by atoms with Crippen molar-refractivity contribution >= 4 is 11.9 Å². The van der Waals surface area contributed by atoms with Crippen molar-refractivity contribution in [2.45, 2.75) is 44.7 Å². The van der Waals surface area contributed by atoms with Crippen LogP contribution in [0.1, 0.15) is 36.8 Å². The highest BCUT2D eigenvalue weighted by Gasteiger charge is 2.46. The molecule has 0 spiro atoms.